The lowest BCUT2D eigenvalue weighted by Crippen LogP contribution is -2.44. The molecule has 0 fully saturated rings. The molecule has 6 heteroatoms. The van der Waals surface area contributed by atoms with Gasteiger partial charge in [-0.15, -0.1) is 0 Å². The number of furan rings is 1. The number of benzene rings is 1. The van der Waals surface area contributed by atoms with Crippen LogP contribution in [0.15, 0.2) is 40.1 Å². The van der Waals surface area contributed by atoms with Crippen LogP contribution >= 0.6 is 0 Å². The summed E-state index contributed by atoms with van der Waals surface area (Å²) in [6.45, 7) is 1.96. The lowest BCUT2D eigenvalue weighted by atomic mass is 10.1. The lowest BCUT2D eigenvalue weighted by Gasteiger charge is -2.15. The second-order valence-electron chi connectivity index (χ2n) is 4.49. The van der Waals surface area contributed by atoms with Gasteiger partial charge in [-0.2, -0.15) is 0 Å². The molecular formula is C14H17N3O3. The number of fused-ring (bicyclic) bond motifs is 1. The van der Waals surface area contributed by atoms with Crippen molar-refractivity contribution in [3.63, 3.8) is 0 Å². The van der Waals surface area contributed by atoms with E-state index in [1.54, 1.807) is 6.07 Å². The third-order valence-electron chi connectivity index (χ3n) is 3.08. The molecule has 0 saturated carbocycles. The van der Waals surface area contributed by atoms with Crippen molar-refractivity contribution in [1.29, 1.82) is 0 Å². The quantitative estimate of drug-likeness (QED) is 0.336. The number of carbonyl (C=O) groups excluding carboxylic acids is 1. The van der Waals surface area contributed by atoms with Crippen LogP contribution < -0.4 is 11.1 Å². The number of nitrogens with one attached hydrogen (secondary N) is 1. The number of amides is 1. The first-order valence-corrected chi connectivity index (χ1v) is 6.41. The van der Waals surface area contributed by atoms with Gasteiger partial charge in [-0.25, -0.2) is 0 Å². The first kappa shape index (κ1) is 13.9. The Morgan fingerprint density at radius 3 is 2.95 bits per heavy atom. The van der Waals surface area contributed by atoms with Crippen molar-refractivity contribution >= 4 is 22.7 Å². The molecule has 20 heavy (non-hydrogen) atoms. The number of hydrogen-bond acceptors (Lipinski definition) is 4. The van der Waals surface area contributed by atoms with Crippen LogP contribution in [0.1, 0.15) is 30.1 Å². The molecule has 6 nitrogen and oxygen atoms in total. The molecule has 0 aliphatic rings. The maximum Gasteiger partial charge on any atom is 0.255 e. The summed E-state index contributed by atoms with van der Waals surface area (Å²) in [7, 11) is 0. The van der Waals surface area contributed by atoms with E-state index in [2.05, 4.69) is 10.5 Å². The Balaban J connectivity index is 2.22. The van der Waals surface area contributed by atoms with Crippen molar-refractivity contribution in [1.82, 2.24) is 5.32 Å². The molecule has 0 radical (unpaired) electrons. The average molecular weight is 275 g/mol. The van der Waals surface area contributed by atoms with E-state index in [-0.39, 0.29) is 11.7 Å². The fourth-order valence-electron chi connectivity index (χ4n) is 2.04. The van der Waals surface area contributed by atoms with Crippen LogP contribution in [-0.4, -0.2) is 23.0 Å². The van der Waals surface area contributed by atoms with Crippen LogP contribution in [0.5, 0.6) is 0 Å². The molecule has 0 bridgehead atoms. The number of oxime groups is 1. The van der Waals surface area contributed by atoms with Gasteiger partial charge in [0.05, 0.1) is 11.6 Å². The number of nitrogens with two attached hydrogens (primary N) is 1. The molecule has 2 rings (SSSR count). The highest BCUT2D eigenvalue weighted by Gasteiger charge is 2.19. The summed E-state index contributed by atoms with van der Waals surface area (Å²) in [6.07, 6.45) is 2.81. The van der Waals surface area contributed by atoms with Gasteiger partial charge < -0.3 is 20.7 Å². The molecule has 1 atom stereocenters. The highest BCUT2D eigenvalue weighted by molar-refractivity contribution is 6.07. The zero-order valence-electron chi connectivity index (χ0n) is 11.2. The van der Waals surface area contributed by atoms with E-state index in [0.29, 0.717) is 17.6 Å². The highest BCUT2D eigenvalue weighted by atomic mass is 16.4. The van der Waals surface area contributed by atoms with Crippen LogP contribution in [-0.2, 0) is 0 Å². The lowest BCUT2D eigenvalue weighted by molar-refractivity contribution is 0.0945. The third-order valence-corrected chi connectivity index (χ3v) is 3.08. The number of nitrogens with zero attached hydrogens (tertiary/aromatic N) is 1. The SMILES string of the molecule is CCCC(NC(=O)c1coc2ccccc12)C(N)=NO. The predicted octanol–water partition coefficient (Wildman–Crippen LogP) is 2.08. The first-order valence-electron chi connectivity index (χ1n) is 6.41. The van der Waals surface area contributed by atoms with E-state index in [9.17, 15) is 4.79 Å². The number of amidine groups is 1. The second kappa shape index (κ2) is 6.10. The topological polar surface area (TPSA) is 101 Å². The molecule has 1 amide bonds. The van der Waals surface area contributed by atoms with Gasteiger partial charge in [-0.1, -0.05) is 36.7 Å². The second-order valence-corrected chi connectivity index (χ2v) is 4.49. The van der Waals surface area contributed by atoms with Crippen LogP contribution in [0.4, 0.5) is 0 Å². The van der Waals surface area contributed by atoms with Crippen molar-refractivity contribution < 1.29 is 14.4 Å². The standard InChI is InChI=1S/C14H17N3O3/c1-2-5-11(13(15)17-19)16-14(18)10-8-20-12-7-4-3-6-9(10)12/h3-4,6-8,11,19H,2,5H2,1H3,(H2,15,17)(H,16,18). The van der Waals surface area contributed by atoms with E-state index in [1.807, 2.05) is 25.1 Å². The maximum atomic E-state index is 12.3. The molecule has 0 aliphatic carbocycles. The molecule has 0 saturated heterocycles. The maximum absolute atomic E-state index is 12.3. The molecule has 1 aromatic carbocycles. The van der Waals surface area contributed by atoms with E-state index in [4.69, 9.17) is 15.4 Å². The zero-order valence-corrected chi connectivity index (χ0v) is 11.2. The molecule has 4 N–H and O–H groups in total. The number of para-hydroxylation sites is 1. The van der Waals surface area contributed by atoms with Crippen LogP contribution in [0.2, 0.25) is 0 Å². The molecule has 0 spiro atoms. The minimum Gasteiger partial charge on any atom is -0.463 e. The minimum absolute atomic E-state index is 0.00648. The number of hydrogen-bond donors (Lipinski definition) is 3. The van der Waals surface area contributed by atoms with Gasteiger partial charge in [0.1, 0.15) is 11.8 Å². The van der Waals surface area contributed by atoms with Crippen molar-refractivity contribution in [2.75, 3.05) is 0 Å². The molecule has 0 aliphatic heterocycles. The van der Waals surface area contributed by atoms with E-state index < -0.39 is 6.04 Å². The van der Waals surface area contributed by atoms with E-state index in [1.165, 1.54) is 6.26 Å². The Bertz CT molecular complexity index is 633. The monoisotopic (exact) mass is 275 g/mol. The van der Waals surface area contributed by atoms with Gasteiger partial charge in [0.15, 0.2) is 5.84 Å². The van der Waals surface area contributed by atoms with Gasteiger partial charge in [-0.3, -0.25) is 4.79 Å². The van der Waals surface area contributed by atoms with Gasteiger partial charge >= 0.3 is 0 Å². The van der Waals surface area contributed by atoms with Crippen molar-refractivity contribution in [2.24, 2.45) is 10.9 Å². The van der Waals surface area contributed by atoms with Crippen molar-refractivity contribution in [3.8, 4) is 0 Å². The normalized spacial score (nSPS) is 13.3. The summed E-state index contributed by atoms with van der Waals surface area (Å²) in [5, 5.41) is 15.2. The van der Waals surface area contributed by atoms with Crippen LogP contribution in [0.3, 0.4) is 0 Å². The Morgan fingerprint density at radius 1 is 1.50 bits per heavy atom. The largest absolute Gasteiger partial charge is 0.463 e. The summed E-state index contributed by atoms with van der Waals surface area (Å²) in [5.41, 5.74) is 6.66. The van der Waals surface area contributed by atoms with Crippen molar-refractivity contribution in [3.05, 3.63) is 36.1 Å². The minimum atomic E-state index is -0.494. The van der Waals surface area contributed by atoms with Gasteiger partial charge in [0.25, 0.3) is 5.91 Å². The highest BCUT2D eigenvalue weighted by Crippen LogP contribution is 2.20. The third kappa shape index (κ3) is 2.74. The summed E-state index contributed by atoms with van der Waals surface area (Å²) in [5.74, 6) is -0.312. The number of carbonyl (C=O) groups is 1. The van der Waals surface area contributed by atoms with E-state index in [0.717, 1.165) is 11.8 Å². The van der Waals surface area contributed by atoms with Crippen LogP contribution in [0.25, 0.3) is 11.0 Å². The summed E-state index contributed by atoms with van der Waals surface area (Å²) in [4.78, 5) is 12.3. The van der Waals surface area contributed by atoms with E-state index >= 15 is 0 Å². The van der Waals surface area contributed by atoms with Gasteiger partial charge in [-0.05, 0) is 12.5 Å². The summed E-state index contributed by atoms with van der Waals surface area (Å²) < 4.78 is 5.33. The zero-order chi connectivity index (χ0) is 14.5. The molecular weight excluding hydrogens is 258 g/mol. The Morgan fingerprint density at radius 2 is 2.25 bits per heavy atom. The molecule has 1 heterocycles. The Labute approximate surface area is 116 Å². The Kier molecular flexibility index (Phi) is 4.24. The van der Waals surface area contributed by atoms with Gasteiger partial charge in [0.2, 0.25) is 0 Å². The molecule has 106 valence electrons. The Hall–Kier alpha value is -2.50. The van der Waals surface area contributed by atoms with Crippen LogP contribution in [0, 0.1) is 0 Å². The smallest absolute Gasteiger partial charge is 0.255 e. The molecule has 1 unspecified atom stereocenters. The predicted molar refractivity (Wildman–Crippen MR) is 75.8 cm³/mol. The van der Waals surface area contributed by atoms with Gasteiger partial charge in [0, 0.05) is 5.39 Å². The first-order chi connectivity index (χ1) is 9.67. The molecule has 2 aromatic rings. The summed E-state index contributed by atoms with van der Waals surface area (Å²) in [6, 6.07) is 6.78. The fourth-order valence-corrected chi connectivity index (χ4v) is 2.04. The summed E-state index contributed by atoms with van der Waals surface area (Å²) >= 11 is 0. The number of rotatable bonds is 5. The van der Waals surface area contributed by atoms with Crippen molar-refractivity contribution in [2.45, 2.75) is 25.8 Å². The average Bonchev–Trinajstić information content (AvgIpc) is 2.90. The molecule has 1 aromatic heterocycles. The fraction of sp³-hybridized carbons (Fsp3) is 0.286.